The summed E-state index contributed by atoms with van der Waals surface area (Å²) in [4.78, 5) is 11.8. The van der Waals surface area contributed by atoms with Gasteiger partial charge in [0.2, 0.25) is 10.0 Å². The first kappa shape index (κ1) is 16.5. The molecule has 1 amide bonds. The van der Waals surface area contributed by atoms with Crippen molar-refractivity contribution in [3.8, 4) is 0 Å². The van der Waals surface area contributed by atoms with E-state index >= 15 is 0 Å². The Kier molecular flexibility index (Phi) is 5.18. The summed E-state index contributed by atoms with van der Waals surface area (Å²) in [5, 5.41) is 7.78. The number of halogens is 1. The second-order valence-corrected chi connectivity index (χ2v) is 6.62. The zero-order valence-electron chi connectivity index (χ0n) is 11.6. The van der Waals surface area contributed by atoms with Crippen LogP contribution >= 0.6 is 11.6 Å². The molecule has 0 unspecified atom stereocenters. The number of rotatable bonds is 5. The SMILES string of the molecule is NS(=O)(=O)c1cc(C(=O)NCCc2ccccc2)ccc1Cl. The summed E-state index contributed by atoms with van der Waals surface area (Å²) in [7, 11) is -3.96. The largest absolute Gasteiger partial charge is 0.352 e. The number of hydrogen-bond acceptors (Lipinski definition) is 3. The van der Waals surface area contributed by atoms with E-state index in [0.717, 1.165) is 5.56 Å². The van der Waals surface area contributed by atoms with Crippen LogP contribution in [0.15, 0.2) is 53.4 Å². The first-order chi connectivity index (χ1) is 10.4. The molecule has 116 valence electrons. The number of carbonyl (C=O) groups excluding carboxylic acids is 1. The molecule has 0 aliphatic rings. The zero-order valence-corrected chi connectivity index (χ0v) is 13.2. The average Bonchev–Trinajstić information content (AvgIpc) is 2.47. The summed E-state index contributed by atoms with van der Waals surface area (Å²) in [6.07, 6.45) is 0.683. The van der Waals surface area contributed by atoms with Crippen molar-refractivity contribution in [1.29, 1.82) is 0 Å². The van der Waals surface area contributed by atoms with Gasteiger partial charge in [-0.3, -0.25) is 4.79 Å². The summed E-state index contributed by atoms with van der Waals surface area (Å²) < 4.78 is 22.8. The Balaban J connectivity index is 2.04. The number of nitrogens with one attached hydrogen (secondary N) is 1. The smallest absolute Gasteiger partial charge is 0.251 e. The van der Waals surface area contributed by atoms with E-state index in [1.165, 1.54) is 18.2 Å². The third kappa shape index (κ3) is 4.30. The Hall–Kier alpha value is -1.89. The highest BCUT2D eigenvalue weighted by Crippen LogP contribution is 2.21. The van der Waals surface area contributed by atoms with E-state index in [9.17, 15) is 13.2 Å². The molecule has 0 atom stereocenters. The normalized spacial score (nSPS) is 11.2. The molecule has 22 heavy (non-hydrogen) atoms. The maximum Gasteiger partial charge on any atom is 0.251 e. The van der Waals surface area contributed by atoms with Crippen molar-refractivity contribution in [1.82, 2.24) is 5.32 Å². The Morgan fingerprint density at radius 2 is 1.82 bits per heavy atom. The molecule has 0 saturated heterocycles. The highest BCUT2D eigenvalue weighted by Gasteiger charge is 2.16. The third-order valence-electron chi connectivity index (χ3n) is 3.04. The fraction of sp³-hybridized carbons (Fsp3) is 0.133. The van der Waals surface area contributed by atoms with E-state index in [1.54, 1.807) is 0 Å². The molecule has 0 aliphatic heterocycles. The van der Waals surface area contributed by atoms with Gasteiger partial charge in [-0.1, -0.05) is 41.9 Å². The topological polar surface area (TPSA) is 89.3 Å². The van der Waals surface area contributed by atoms with Gasteiger partial charge in [0.1, 0.15) is 4.90 Å². The predicted molar refractivity (Wildman–Crippen MR) is 85.3 cm³/mol. The van der Waals surface area contributed by atoms with Crippen molar-refractivity contribution < 1.29 is 13.2 Å². The molecule has 5 nitrogen and oxygen atoms in total. The maximum atomic E-state index is 12.0. The van der Waals surface area contributed by atoms with Gasteiger partial charge in [0.05, 0.1) is 5.02 Å². The van der Waals surface area contributed by atoms with E-state index in [2.05, 4.69) is 5.32 Å². The molecule has 0 bridgehead atoms. The molecule has 0 aromatic heterocycles. The molecule has 0 radical (unpaired) electrons. The Labute approximate surface area is 134 Å². The summed E-state index contributed by atoms with van der Waals surface area (Å²) >= 11 is 5.78. The molecule has 7 heteroatoms. The summed E-state index contributed by atoms with van der Waals surface area (Å²) in [5.41, 5.74) is 1.30. The lowest BCUT2D eigenvalue weighted by Crippen LogP contribution is -2.26. The first-order valence-electron chi connectivity index (χ1n) is 6.52. The average molecular weight is 339 g/mol. The van der Waals surface area contributed by atoms with E-state index in [0.29, 0.717) is 13.0 Å². The second-order valence-electron chi connectivity index (χ2n) is 4.68. The van der Waals surface area contributed by atoms with Crippen LogP contribution in [0.3, 0.4) is 0 Å². The van der Waals surface area contributed by atoms with Crippen LogP contribution in [0, 0.1) is 0 Å². The van der Waals surface area contributed by atoms with Gasteiger partial charge in [-0.25, -0.2) is 13.6 Å². The molecule has 2 aromatic rings. The second kappa shape index (κ2) is 6.91. The molecule has 0 saturated carbocycles. The molecule has 0 fully saturated rings. The van der Waals surface area contributed by atoms with Crippen molar-refractivity contribution in [2.75, 3.05) is 6.54 Å². The van der Waals surface area contributed by atoms with E-state index in [4.69, 9.17) is 16.7 Å². The Bertz CT molecular complexity index is 777. The van der Waals surface area contributed by atoms with Crippen molar-refractivity contribution in [2.24, 2.45) is 5.14 Å². The number of primary sulfonamides is 1. The highest BCUT2D eigenvalue weighted by molar-refractivity contribution is 7.89. The van der Waals surface area contributed by atoms with Crippen molar-refractivity contribution in [3.63, 3.8) is 0 Å². The van der Waals surface area contributed by atoms with Crippen LogP contribution in [0.25, 0.3) is 0 Å². The minimum atomic E-state index is -3.96. The van der Waals surface area contributed by atoms with Gasteiger partial charge in [0.25, 0.3) is 5.91 Å². The van der Waals surface area contributed by atoms with Gasteiger partial charge < -0.3 is 5.32 Å². The molecular weight excluding hydrogens is 324 g/mol. The molecule has 0 heterocycles. The summed E-state index contributed by atoms with van der Waals surface area (Å²) in [6.45, 7) is 0.441. The van der Waals surface area contributed by atoms with Gasteiger partial charge in [-0.2, -0.15) is 0 Å². The number of carbonyl (C=O) groups is 1. The molecule has 2 rings (SSSR count). The summed E-state index contributed by atoms with van der Waals surface area (Å²) in [5.74, 6) is -0.377. The first-order valence-corrected chi connectivity index (χ1v) is 8.45. The molecule has 0 aliphatic carbocycles. The maximum absolute atomic E-state index is 12.0. The minimum Gasteiger partial charge on any atom is -0.352 e. The van der Waals surface area contributed by atoms with Crippen LogP contribution < -0.4 is 10.5 Å². The molecular formula is C15H15ClN2O3S. The van der Waals surface area contributed by atoms with Crippen LogP contribution in [0.5, 0.6) is 0 Å². The Morgan fingerprint density at radius 1 is 1.14 bits per heavy atom. The third-order valence-corrected chi connectivity index (χ3v) is 4.43. The lowest BCUT2D eigenvalue weighted by atomic mass is 10.1. The van der Waals surface area contributed by atoms with Gasteiger partial charge in [-0.15, -0.1) is 0 Å². The van der Waals surface area contributed by atoms with E-state index in [1.807, 2.05) is 30.3 Å². The van der Waals surface area contributed by atoms with Crippen molar-refractivity contribution in [3.05, 3.63) is 64.7 Å². The Morgan fingerprint density at radius 3 is 2.45 bits per heavy atom. The van der Waals surface area contributed by atoms with Gasteiger partial charge in [-0.05, 0) is 30.2 Å². The van der Waals surface area contributed by atoms with Gasteiger partial charge >= 0.3 is 0 Å². The van der Waals surface area contributed by atoms with Crippen LogP contribution in [-0.2, 0) is 16.4 Å². The van der Waals surface area contributed by atoms with Crippen LogP contribution in [0.2, 0.25) is 5.02 Å². The predicted octanol–water partition coefficient (Wildman–Crippen LogP) is 1.96. The van der Waals surface area contributed by atoms with E-state index in [-0.39, 0.29) is 21.4 Å². The number of sulfonamides is 1. The standard InChI is InChI=1S/C15H15ClN2O3S/c16-13-7-6-12(10-14(13)22(17,20)21)15(19)18-9-8-11-4-2-1-3-5-11/h1-7,10H,8-9H2,(H,18,19)(H2,17,20,21). The highest BCUT2D eigenvalue weighted by atomic mass is 35.5. The van der Waals surface area contributed by atoms with Crippen LogP contribution in [0.1, 0.15) is 15.9 Å². The summed E-state index contributed by atoms with van der Waals surface area (Å²) in [6, 6.07) is 13.7. The lowest BCUT2D eigenvalue weighted by molar-refractivity contribution is 0.0954. The lowest BCUT2D eigenvalue weighted by Gasteiger charge is -2.08. The van der Waals surface area contributed by atoms with Gasteiger partial charge in [0, 0.05) is 12.1 Å². The number of amides is 1. The fourth-order valence-electron chi connectivity index (χ4n) is 1.93. The van der Waals surface area contributed by atoms with Crippen molar-refractivity contribution in [2.45, 2.75) is 11.3 Å². The quantitative estimate of drug-likeness (QED) is 0.873. The van der Waals surface area contributed by atoms with Crippen LogP contribution in [-0.4, -0.2) is 20.9 Å². The number of nitrogens with two attached hydrogens (primary N) is 1. The van der Waals surface area contributed by atoms with Crippen LogP contribution in [0.4, 0.5) is 0 Å². The number of hydrogen-bond donors (Lipinski definition) is 2. The molecule has 3 N–H and O–H groups in total. The molecule has 0 spiro atoms. The minimum absolute atomic E-state index is 0.0108. The zero-order chi connectivity index (χ0) is 16.2. The monoisotopic (exact) mass is 338 g/mol. The van der Waals surface area contributed by atoms with Gasteiger partial charge in [0.15, 0.2) is 0 Å². The fourth-order valence-corrected chi connectivity index (χ4v) is 3.00. The number of benzene rings is 2. The molecule has 2 aromatic carbocycles. The van der Waals surface area contributed by atoms with E-state index < -0.39 is 10.0 Å². The van der Waals surface area contributed by atoms with Crippen molar-refractivity contribution >= 4 is 27.5 Å².